The number of phenols is 1. The number of hydrogen-bond donors (Lipinski definition) is 2. The van der Waals surface area contributed by atoms with Crippen LogP contribution in [-0.2, 0) is 44.2 Å². The molecular formula is C51H44O9. The molecule has 9 nitrogen and oxygen atoms in total. The van der Waals surface area contributed by atoms with Crippen molar-refractivity contribution < 1.29 is 43.4 Å². The van der Waals surface area contributed by atoms with Crippen LogP contribution >= 0.6 is 0 Å². The Balaban J connectivity index is 1.21. The molecule has 0 amide bonds. The molecule has 0 saturated heterocycles. The molecule has 1 heterocycles. The first-order valence-electron chi connectivity index (χ1n) is 19.8. The largest absolute Gasteiger partial charge is 0.502 e. The average molecular weight is 801 g/mol. The molecule has 0 aromatic heterocycles. The fourth-order valence-electron chi connectivity index (χ4n) is 7.11. The molecule has 9 heteroatoms. The van der Waals surface area contributed by atoms with Crippen molar-refractivity contribution in [2.75, 3.05) is 0 Å². The third-order valence-corrected chi connectivity index (χ3v) is 10.2. The van der Waals surface area contributed by atoms with Crippen LogP contribution in [0, 0.1) is 0 Å². The number of aromatic carboxylic acids is 1. The molecule has 0 radical (unpaired) electrons. The summed E-state index contributed by atoms with van der Waals surface area (Å²) >= 11 is 0. The predicted octanol–water partition coefficient (Wildman–Crippen LogP) is 10.7. The Morgan fingerprint density at radius 2 is 0.967 bits per heavy atom. The van der Waals surface area contributed by atoms with Crippen LogP contribution in [0.5, 0.6) is 34.5 Å². The second-order valence-electron chi connectivity index (χ2n) is 14.4. The van der Waals surface area contributed by atoms with Crippen molar-refractivity contribution in [2.45, 2.75) is 51.7 Å². The summed E-state index contributed by atoms with van der Waals surface area (Å²) in [6.07, 6.45) is -1.38. The quantitative estimate of drug-likeness (QED) is 0.0929. The van der Waals surface area contributed by atoms with E-state index >= 15 is 0 Å². The van der Waals surface area contributed by atoms with Crippen molar-refractivity contribution in [3.8, 4) is 34.5 Å². The zero-order valence-corrected chi connectivity index (χ0v) is 32.8. The molecule has 1 aliphatic rings. The van der Waals surface area contributed by atoms with E-state index in [1.165, 1.54) is 0 Å². The molecule has 0 unspecified atom stereocenters. The topological polar surface area (TPSA) is 113 Å². The second-order valence-corrected chi connectivity index (χ2v) is 14.4. The summed E-state index contributed by atoms with van der Waals surface area (Å²) in [7, 11) is 0. The first-order valence-corrected chi connectivity index (χ1v) is 19.8. The zero-order chi connectivity index (χ0) is 41.1. The standard InChI is InChI=1S/C51H44O9/c52-46-49(58-33-38-22-12-4-13-23-38)41-29-44(57-32-37-20-10-3-11-21-37)47(60-48(41)45(51(53)54)50(46)59-34-39-24-14-5-15-25-39)40-26-27-42(55-30-35-16-6-1-7-17-35)43(28-40)56-31-36-18-8-2-9-19-36/h1-28,44,47,52H,29-34H2,(H,53,54)/t44-,47+/m0/s1. The maximum Gasteiger partial charge on any atom is 0.343 e. The van der Waals surface area contributed by atoms with Gasteiger partial charge in [-0.2, -0.15) is 0 Å². The van der Waals surface area contributed by atoms with Gasteiger partial charge in [0.2, 0.25) is 5.75 Å². The number of hydrogen-bond acceptors (Lipinski definition) is 8. The van der Waals surface area contributed by atoms with Crippen molar-refractivity contribution in [2.24, 2.45) is 0 Å². The van der Waals surface area contributed by atoms with Crippen molar-refractivity contribution in [3.05, 3.63) is 214 Å². The minimum absolute atomic E-state index is 0.00953. The van der Waals surface area contributed by atoms with Crippen LogP contribution in [-0.4, -0.2) is 22.3 Å². The summed E-state index contributed by atoms with van der Waals surface area (Å²) in [5, 5.41) is 22.8. The lowest BCUT2D eigenvalue weighted by atomic mass is 9.91. The summed E-state index contributed by atoms with van der Waals surface area (Å²) in [6.45, 7) is 0.926. The molecule has 0 bridgehead atoms. The van der Waals surface area contributed by atoms with Crippen LogP contribution < -0.4 is 23.7 Å². The Morgan fingerprint density at radius 1 is 0.533 bits per heavy atom. The number of rotatable bonds is 17. The van der Waals surface area contributed by atoms with Gasteiger partial charge in [0, 0.05) is 12.0 Å². The fraction of sp³-hybridized carbons (Fsp3) is 0.157. The Bertz CT molecular complexity index is 2480. The number of fused-ring (bicyclic) bond motifs is 1. The number of benzene rings is 7. The van der Waals surface area contributed by atoms with Crippen molar-refractivity contribution >= 4 is 5.97 Å². The number of carboxylic acid groups (broad SMARTS) is 1. The van der Waals surface area contributed by atoms with Crippen LogP contribution in [0.25, 0.3) is 0 Å². The van der Waals surface area contributed by atoms with Gasteiger partial charge < -0.3 is 38.6 Å². The van der Waals surface area contributed by atoms with Gasteiger partial charge in [0.05, 0.1) is 6.61 Å². The van der Waals surface area contributed by atoms with Gasteiger partial charge >= 0.3 is 5.97 Å². The predicted molar refractivity (Wildman–Crippen MR) is 227 cm³/mol. The Kier molecular flexibility index (Phi) is 12.5. The number of carbonyl (C=O) groups is 1. The monoisotopic (exact) mass is 800 g/mol. The molecular weight excluding hydrogens is 757 g/mol. The summed E-state index contributed by atoms with van der Waals surface area (Å²) in [6, 6.07) is 53.9. The van der Waals surface area contributed by atoms with E-state index in [9.17, 15) is 15.0 Å². The maximum absolute atomic E-state index is 13.3. The lowest BCUT2D eigenvalue weighted by molar-refractivity contribution is -0.0473. The first kappa shape index (κ1) is 39.6. The molecule has 0 spiro atoms. The number of aromatic hydroxyl groups is 1. The summed E-state index contributed by atoms with van der Waals surface area (Å²) < 4.78 is 38.9. The smallest absolute Gasteiger partial charge is 0.343 e. The lowest BCUT2D eigenvalue weighted by Gasteiger charge is -2.36. The van der Waals surface area contributed by atoms with Crippen molar-refractivity contribution in [3.63, 3.8) is 0 Å². The van der Waals surface area contributed by atoms with Crippen molar-refractivity contribution in [1.82, 2.24) is 0 Å². The first-order chi connectivity index (χ1) is 29.5. The van der Waals surface area contributed by atoms with Crippen LogP contribution in [0.1, 0.15) is 55.4 Å². The SMILES string of the molecule is O=C(O)c1c(OCc2ccccc2)c(O)c(OCc2ccccc2)c2c1O[C@H](c1ccc(OCc3ccccc3)c(OCc3ccccc3)c1)[C@@H](OCc1ccccc1)C2. The highest BCUT2D eigenvalue weighted by Gasteiger charge is 2.41. The van der Waals surface area contributed by atoms with Gasteiger partial charge in [0.25, 0.3) is 0 Å². The van der Waals surface area contributed by atoms with Crippen LogP contribution in [0.2, 0.25) is 0 Å². The molecule has 0 aliphatic carbocycles. The average Bonchev–Trinajstić information content (AvgIpc) is 3.30. The van der Waals surface area contributed by atoms with E-state index in [1.807, 2.05) is 170 Å². The minimum Gasteiger partial charge on any atom is -0.502 e. The van der Waals surface area contributed by atoms with Gasteiger partial charge in [-0.3, -0.25) is 0 Å². The summed E-state index contributed by atoms with van der Waals surface area (Å²) in [4.78, 5) is 13.3. The fourth-order valence-corrected chi connectivity index (χ4v) is 7.11. The zero-order valence-electron chi connectivity index (χ0n) is 32.8. The number of phenolic OH excluding ortho intramolecular Hbond substituents is 1. The van der Waals surface area contributed by atoms with E-state index in [4.69, 9.17) is 28.4 Å². The molecule has 8 rings (SSSR count). The summed E-state index contributed by atoms with van der Waals surface area (Å²) in [5.41, 5.74) is 5.24. The van der Waals surface area contributed by atoms with E-state index in [-0.39, 0.29) is 55.7 Å². The number of carboxylic acids is 1. The Morgan fingerprint density at radius 3 is 1.45 bits per heavy atom. The summed E-state index contributed by atoms with van der Waals surface area (Å²) in [5.74, 6) is -0.937. The van der Waals surface area contributed by atoms with E-state index in [1.54, 1.807) is 0 Å². The van der Waals surface area contributed by atoms with Crippen LogP contribution in [0.4, 0.5) is 0 Å². The van der Waals surface area contributed by atoms with E-state index in [0.29, 0.717) is 29.2 Å². The third-order valence-electron chi connectivity index (χ3n) is 10.2. The van der Waals surface area contributed by atoms with E-state index < -0.39 is 23.9 Å². The lowest BCUT2D eigenvalue weighted by Crippen LogP contribution is -2.34. The van der Waals surface area contributed by atoms with Gasteiger partial charge in [-0.15, -0.1) is 0 Å². The van der Waals surface area contributed by atoms with E-state index in [0.717, 1.165) is 27.8 Å². The Hall–Kier alpha value is -7.23. The second kappa shape index (κ2) is 19.0. The van der Waals surface area contributed by atoms with Crippen LogP contribution in [0.3, 0.4) is 0 Å². The molecule has 60 heavy (non-hydrogen) atoms. The molecule has 302 valence electrons. The van der Waals surface area contributed by atoms with E-state index in [2.05, 4.69) is 0 Å². The molecule has 7 aromatic carbocycles. The Labute approximate surface area is 348 Å². The highest BCUT2D eigenvalue weighted by molar-refractivity contribution is 5.97. The molecule has 1 aliphatic heterocycles. The van der Waals surface area contributed by atoms with Gasteiger partial charge in [-0.25, -0.2) is 4.79 Å². The van der Waals surface area contributed by atoms with Gasteiger partial charge in [-0.1, -0.05) is 158 Å². The minimum atomic E-state index is -1.34. The molecule has 0 saturated carbocycles. The molecule has 0 fully saturated rings. The molecule has 2 atom stereocenters. The van der Waals surface area contributed by atoms with Gasteiger partial charge in [0.1, 0.15) is 43.8 Å². The number of ether oxygens (including phenoxy) is 6. The third kappa shape index (κ3) is 9.55. The molecule has 2 N–H and O–H groups in total. The highest BCUT2D eigenvalue weighted by atomic mass is 16.6. The van der Waals surface area contributed by atoms with Crippen LogP contribution in [0.15, 0.2) is 170 Å². The molecule has 7 aromatic rings. The van der Waals surface area contributed by atoms with Gasteiger partial charge in [0.15, 0.2) is 29.1 Å². The maximum atomic E-state index is 13.3. The van der Waals surface area contributed by atoms with Gasteiger partial charge in [-0.05, 0) is 45.5 Å². The van der Waals surface area contributed by atoms with Crippen molar-refractivity contribution in [1.29, 1.82) is 0 Å². The normalized spacial score (nSPS) is 14.3. The highest BCUT2D eigenvalue weighted by Crippen LogP contribution is 2.53.